The SMILES string of the molecule is CCCCCCCCC(=O)Oc1ccccc1OC(=O)CCCCC(CC)CC. The highest BCUT2D eigenvalue weighted by atomic mass is 16.6. The molecule has 0 aliphatic heterocycles. The van der Waals surface area contributed by atoms with Crippen molar-refractivity contribution >= 4 is 11.9 Å². The molecule has 0 saturated heterocycles. The van der Waals surface area contributed by atoms with E-state index in [2.05, 4.69) is 20.8 Å². The zero-order chi connectivity index (χ0) is 21.3. The number of hydrogen-bond donors (Lipinski definition) is 0. The molecule has 0 N–H and O–H groups in total. The van der Waals surface area contributed by atoms with Gasteiger partial charge in [0.15, 0.2) is 11.5 Å². The van der Waals surface area contributed by atoms with E-state index in [-0.39, 0.29) is 11.9 Å². The van der Waals surface area contributed by atoms with Crippen molar-refractivity contribution in [3.8, 4) is 11.5 Å². The minimum absolute atomic E-state index is 0.269. The van der Waals surface area contributed by atoms with Crippen molar-refractivity contribution in [1.82, 2.24) is 0 Å². The van der Waals surface area contributed by atoms with Crippen LogP contribution in [-0.2, 0) is 9.59 Å². The van der Waals surface area contributed by atoms with E-state index in [9.17, 15) is 9.59 Å². The fourth-order valence-corrected chi connectivity index (χ4v) is 3.42. The molecule has 1 aromatic carbocycles. The second-order valence-corrected chi connectivity index (χ2v) is 7.84. The lowest BCUT2D eigenvalue weighted by atomic mass is 9.96. The first-order chi connectivity index (χ1) is 14.1. The van der Waals surface area contributed by atoms with Crippen LogP contribution in [0.25, 0.3) is 0 Å². The Bertz CT molecular complexity index is 578. The molecule has 0 aromatic heterocycles. The van der Waals surface area contributed by atoms with E-state index in [0.717, 1.165) is 44.4 Å². The molecule has 0 aliphatic carbocycles. The summed E-state index contributed by atoms with van der Waals surface area (Å²) in [6.45, 7) is 6.62. The molecule has 0 bridgehead atoms. The van der Waals surface area contributed by atoms with Crippen LogP contribution in [-0.4, -0.2) is 11.9 Å². The van der Waals surface area contributed by atoms with Gasteiger partial charge in [0.1, 0.15) is 0 Å². The molecular formula is C25H40O4. The summed E-state index contributed by atoms with van der Waals surface area (Å²) in [4.78, 5) is 24.3. The lowest BCUT2D eigenvalue weighted by molar-refractivity contribution is -0.137. The van der Waals surface area contributed by atoms with Gasteiger partial charge in [-0.25, -0.2) is 0 Å². The van der Waals surface area contributed by atoms with E-state index in [0.29, 0.717) is 24.3 Å². The Balaban J connectivity index is 2.36. The molecule has 4 heteroatoms. The Morgan fingerprint density at radius 3 is 1.72 bits per heavy atom. The second-order valence-electron chi connectivity index (χ2n) is 7.84. The van der Waals surface area contributed by atoms with Crippen molar-refractivity contribution in [1.29, 1.82) is 0 Å². The zero-order valence-corrected chi connectivity index (χ0v) is 18.7. The molecule has 0 saturated carbocycles. The van der Waals surface area contributed by atoms with Gasteiger partial charge in [-0.1, -0.05) is 90.7 Å². The molecule has 0 atom stereocenters. The van der Waals surface area contributed by atoms with Gasteiger partial charge in [0.25, 0.3) is 0 Å². The standard InChI is InChI=1S/C25H40O4/c1-4-7-8-9-10-11-19-24(26)28-22-17-13-14-18-23(22)29-25(27)20-15-12-16-21(5-2)6-3/h13-14,17-18,21H,4-12,15-16,19-20H2,1-3H3. The highest BCUT2D eigenvalue weighted by molar-refractivity contribution is 5.76. The lowest BCUT2D eigenvalue weighted by Crippen LogP contribution is -2.12. The monoisotopic (exact) mass is 404 g/mol. The second kappa shape index (κ2) is 16.0. The van der Waals surface area contributed by atoms with Gasteiger partial charge >= 0.3 is 11.9 Å². The third kappa shape index (κ3) is 11.7. The summed E-state index contributed by atoms with van der Waals surface area (Å²) in [5.74, 6) is 0.864. The van der Waals surface area contributed by atoms with Crippen molar-refractivity contribution in [3.05, 3.63) is 24.3 Å². The maximum absolute atomic E-state index is 12.2. The number of carbonyl (C=O) groups is 2. The Hall–Kier alpha value is -1.84. The van der Waals surface area contributed by atoms with Gasteiger partial charge in [-0.2, -0.15) is 0 Å². The normalized spacial score (nSPS) is 10.9. The fraction of sp³-hybridized carbons (Fsp3) is 0.680. The van der Waals surface area contributed by atoms with Gasteiger partial charge in [-0.15, -0.1) is 0 Å². The first-order valence-electron chi connectivity index (χ1n) is 11.6. The molecule has 1 aromatic rings. The van der Waals surface area contributed by atoms with Crippen LogP contribution in [0.2, 0.25) is 0 Å². The van der Waals surface area contributed by atoms with Crippen LogP contribution < -0.4 is 9.47 Å². The van der Waals surface area contributed by atoms with Gasteiger partial charge in [-0.05, 0) is 30.9 Å². The number of ether oxygens (including phenoxy) is 2. The van der Waals surface area contributed by atoms with E-state index in [1.807, 2.05) is 0 Å². The minimum Gasteiger partial charge on any atom is -0.423 e. The van der Waals surface area contributed by atoms with E-state index >= 15 is 0 Å². The van der Waals surface area contributed by atoms with Crippen LogP contribution >= 0.6 is 0 Å². The van der Waals surface area contributed by atoms with Crippen LogP contribution in [0.15, 0.2) is 24.3 Å². The van der Waals surface area contributed by atoms with E-state index in [1.54, 1.807) is 24.3 Å². The molecule has 1 rings (SSSR count). The predicted molar refractivity (Wildman–Crippen MR) is 118 cm³/mol. The Labute approximate surface area is 177 Å². The minimum atomic E-state index is -0.269. The van der Waals surface area contributed by atoms with Gasteiger partial charge in [0.2, 0.25) is 0 Å². The van der Waals surface area contributed by atoms with Crippen LogP contribution in [0, 0.1) is 5.92 Å². The number of rotatable bonds is 16. The van der Waals surface area contributed by atoms with Crippen molar-refractivity contribution in [2.45, 2.75) is 104 Å². The summed E-state index contributed by atoms with van der Waals surface area (Å²) in [5, 5.41) is 0. The summed E-state index contributed by atoms with van der Waals surface area (Å²) < 4.78 is 10.9. The van der Waals surface area contributed by atoms with Crippen LogP contribution in [0.5, 0.6) is 11.5 Å². The summed E-state index contributed by atoms with van der Waals surface area (Å²) in [6, 6.07) is 6.91. The predicted octanol–water partition coefficient (Wildman–Crippen LogP) is 7.24. The Morgan fingerprint density at radius 2 is 1.21 bits per heavy atom. The molecule has 0 amide bonds. The maximum atomic E-state index is 12.2. The quantitative estimate of drug-likeness (QED) is 0.165. The highest BCUT2D eigenvalue weighted by Gasteiger charge is 2.13. The molecular weight excluding hydrogens is 364 g/mol. The number of hydrogen-bond acceptors (Lipinski definition) is 4. The summed E-state index contributed by atoms with van der Waals surface area (Å²) in [5.41, 5.74) is 0. The first kappa shape index (κ1) is 25.2. The van der Waals surface area contributed by atoms with Crippen molar-refractivity contribution in [2.24, 2.45) is 5.92 Å². The smallest absolute Gasteiger partial charge is 0.311 e. The van der Waals surface area contributed by atoms with Gasteiger partial charge in [0.05, 0.1) is 0 Å². The van der Waals surface area contributed by atoms with Crippen molar-refractivity contribution < 1.29 is 19.1 Å². The van der Waals surface area contributed by atoms with Gasteiger partial charge < -0.3 is 9.47 Å². The Kier molecular flexibility index (Phi) is 13.9. The molecule has 29 heavy (non-hydrogen) atoms. The van der Waals surface area contributed by atoms with Crippen LogP contribution in [0.4, 0.5) is 0 Å². The van der Waals surface area contributed by atoms with E-state index < -0.39 is 0 Å². The molecule has 4 nitrogen and oxygen atoms in total. The molecule has 0 heterocycles. The third-order valence-corrected chi connectivity index (χ3v) is 5.43. The maximum Gasteiger partial charge on any atom is 0.311 e. The molecule has 0 fully saturated rings. The molecule has 164 valence electrons. The molecule has 0 spiro atoms. The summed E-state index contributed by atoms with van der Waals surface area (Å²) in [6.07, 6.45) is 12.9. The number of benzene rings is 1. The van der Waals surface area contributed by atoms with Gasteiger partial charge in [0, 0.05) is 12.8 Å². The number of unbranched alkanes of at least 4 members (excludes halogenated alkanes) is 6. The average molecular weight is 405 g/mol. The molecule has 0 radical (unpaired) electrons. The number of carbonyl (C=O) groups excluding carboxylic acids is 2. The molecule has 0 aliphatic rings. The lowest BCUT2D eigenvalue weighted by Gasteiger charge is -2.12. The molecule has 0 unspecified atom stereocenters. The third-order valence-electron chi connectivity index (χ3n) is 5.43. The van der Waals surface area contributed by atoms with Gasteiger partial charge in [-0.3, -0.25) is 9.59 Å². The average Bonchev–Trinajstić information content (AvgIpc) is 2.72. The van der Waals surface area contributed by atoms with Crippen LogP contribution in [0.1, 0.15) is 104 Å². The van der Waals surface area contributed by atoms with E-state index in [4.69, 9.17) is 9.47 Å². The topological polar surface area (TPSA) is 52.6 Å². The first-order valence-corrected chi connectivity index (χ1v) is 11.6. The summed E-state index contributed by atoms with van der Waals surface area (Å²) in [7, 11) is 0. The van der Waals surface area contributed by atoms with Crippen LogP contribution in [0.3, 0.4) is 0 Å². The van der Waals surface area contributed by atoms with E-state index in [1.165, 1.54) is 32.1 Å². The van der Waals surface area contributed by atoms with Crippen molar-refractivity contribution in [2.75, 3.05) is 0 Å². The number of para-hydroxylation sites is 2. The Morgan fingerprint density at radius 1 is 0.724 bits per heavy atom. The fourth-order valence-electron chi connectivity index (χ4n) is 3.42. The summed E-state index contributed by atoms with van der Waals surface area (Å²) >= 11 is 0. The van der Waals surface area contributed by atoms with Crippen molar-refractivity contribution in [3.63, 3.8) is 0 Å². The highest BCUT2D eigenvalue weighted by Crippen LogP contribution is 2.28. The largest absolute Gasteiger partial charge is 0.423 e. The zero-order valence-electron chi connectivity index (χ0n) is 18.7. The number of esters is 2.